The highest BCUT2D eigenvalue weighted by molar-refractivity contribution is 7.12. The summed E-state index contributed by atoms with van der Waals surface area (Å²) in [6, 6.07) is 3.76. The van der Waals surface area contributed by atoms with E-state index >= 15 is 0 Å². The van der Waals surface area contributed by atoms with E-state index in [2.05, 4.69) is 16.9 Å². The fourth-order valence-electron chi connectivity index (χ4n) is 3.11. The molecule has 1 fully saturated rings. The van der Waals surface area contributed by atoms with Gasteiger partial charge in [0.15, 0.2) is 0 Å². The second-order valence-corrected chi connectivity index (χ2v) is 6.77. The van der Waals surface area contributed by atoms with Crippen LogP contribution in [0.1, 0.15) is 40.1 Å². The minimum Gasteiger partial charge on any atom is -0.360 e. The first-order valence-corrected chi connectivity index (χ1v) is 8.42. The van der Waals surface area contributed by atoms with E-state index in [4.69, 9.17) is 4.74 Å². The Morgan fingerprint density at radius 2 is 2.36 bits per heavy atom. The fraction of sp³-hybridized carbons (Fsp3) is 0.438. The number of nitrogens with zero attached hydrogens (tertiary/aromatic N) is 3. The first kappa shape index (κ1) is 13.8. The first-order valence-electron chi connectivity index (χ1n) is 7.54. The van der Waals surface area contributed by atoms with E-state index in [9.17, 15) is 4.79 Å². The number of likely N-dealkylation sites (tertiary alicyclic amines) is 1. The Morgan fingerprint density at radius 1 is 1.50 bits per heavy atom. The smallest absolute Gasteiger partial charge is 0.264 e. The van der Waals surface area contributed by atoms with Crippen LogP contribution in [0.15, 0.2) is 23.7 Å². The van der Waals surface area contributed by atoms with E-state index in [-0.39, 0.29) is 11.5 Å². The van der Waals surface area contributed by atoms with Gasteiger partial charge >= 0.3 is 0 Å². The molecule has 0 bridgehead atoms. The average Bonchev–Trinajstić information content (AvgIpc) is 3.13. The molecule has 1 spiro atoms. The molecule has 0 aliphatic carbocycles. The number of carbonyl (C=O) groups is 1. The van der Waals surface area contributed by atoms with Crippen LogP contribution in [0.4, 0.5) is 0 Å². The van der Waals surface area contributed by atoms with E-state index in [0.717, 1.165) is 34.8 Å². The monoisotopic (exact) mass is 315 g/mol. The Hall–Kier alpha value is -1.79. The molecule has 0 N–H and O–H groups in total. The van der Waals surface area contributed by atoms with Crippen LogP contribution in [0.3, 0.4) is 0 Å². The van der Waals surface area contributed by atoms with Crippen LogP contribution in [-0.4, -0.2) is 33.9 Å². The zero-order valence-electron chi connectivity index (χ0n) is 12.4. The zero-order chi connectivity index (χ0) is 15.2. The van der Waals surface area contributed by atoms with Crippen molar-refractivity contribution in [2.24, 2.45) is 0 Å². The summed E-state index contributed by atoms with van der Waals surface area (Å²) >= 11 is 1.48. The third-order valence-electron chi connectivity index (χ3n) is 4.28. The summed E-state index contributed by atoms with van der Waals surface area (Å²) < 4.78 is 5.98. The summed E-state index contributed by atoms with van der Waals surface area (Å²) in [5.74, 6) is 0.967. The first-order chi connectivity index (χ1) is 10.7. The van der Waals surface area contributed by atoms with Gasteiger partial charge in [-0.2, -0.15) is 0 Å². The maximum Gasteiger partial charge on any atom is 0.264 e. The predicted octanol–water partition coefficient (Wildman–Crippen LogP) is 2.37. The molecule has 0 aromatic carbocycles. The number of carbonyl (C=O) groups excluding carboxylic acids is 1. The van der Waals surface area contributed by atoms with Crippen LogP contribution < -0.4 is 0 Å². The van der Waals surface area contributed by atoms with E-state index in [1.165, 1.54) is 11.3 Å². The summed E-state index contributed by atoms with van der Waals surface area (Å²) in [6.45, 7) is 3.82. The summed E-state index contributed by atoms with van der Waals surface area (Å²) in [5, 5.41) is 1.92. The van der Waals surface area contributed by atoms with Crippen molar-refractivity contribution in [3.05, 3.63) is 45.7 Å². The molecule has 22 heavy (non-hydrogen) atoms. The van der Waals surface area contributed by atoms with Gasteiger partial charge in [0, 0.05) is 18.2 Å². The van der Waals surface area contributed by atoms with Crippen LogP contribution >= 0.6 is 11.3 Å². The lowest BCUT2D eigenvalue weighted by molar-refractivity contribution is -0.126. The molecule has 5 nitrogen and oxygen atoms in total. The number of ether oxygens (including phenoxy) is 1. The zero-order valence-corrected chi connectivity index (χ0v) is 13.2. The lowest BCUT2D eigenvalue weighted by Gasteiger charge is -2.47. The van der Waals surface area contributed by atoms with Crippen molar-refractivity contribution in [3.8, 4) is 0 Å². The van der Waals surface area contributed by atoms with Crippen molar-refractivity contribution >= 4 is 17.2 Å². The molecule has 0 unspecified atom stereocenters. The quantitative estimate of drug-likeness (QED) is 0.872. The number of aryl methyl sites for hydroxylation is 1. The Kier molecular flexibility index (Phi) is 3.23. The minimum absolute atomic E-state index is 0.0844. The van der Waals surface area contributed by atoms with Crippen LogP contribution in [0.5, 0.6) is 0 Å². The van der Waals surface area contributed by atoms with E-state index < -0.39 is 0 Å². The summed E-state index contributed by atoms with van der Waals surface area (Å²) in [7, 11) is 0. The number of rotatable bonds is 3. The third-order valence-corrected chi connectivity index (χ3v) is 5.14. The van der Waals surface area contributed by atoms with Crippen LogP contribution in [0, 0.1) is 0 Å². The molecule has 1 amide bonds. The lowest BCUT2D eigenvalue weighted by atomic mass is 9.87. The summed E-state index contributed by atoms with van der Waals surface area (Å²) in [5.41, 5.74) is 1.66. The molecule has 2 aliphatic rings. The SMILES string of the molecule is CCCc1ncc2c(n1)COC21CN(C(=O)c2cccs2)C1. The number of hydrogen-bond donors (Lipinski definition) is 0. The Morgan fingerprint density at radius 3 is 3.09 bits per heavy atom. The minimum atomic E-state index is -0.382. The van der Waals surface area contributed by atoms with Crippen molar-refractivity contribution in [3.63, 3.8) is 0 Å². The van der Waals surface area contributed by atoms with Gasteiger partial charge < -0.3 is 9.64 Å². The number of thiophene rings is 1. The molecule has 4 rings (SSSR count). The molecule has 4 heterocycles. The Labute approximate surface area is 133 Å². The van der Waals surface area contributed by atoms with Gasteiger partial charge in [-0.25, -0.2) is 9.97 Å². The van der Waals surface area contributed by atoms with Crippen molar-refractivity contribution < 1.29 is 9.53 Å². The van der Waals surface area contributed by atoms with Gasteiger partial charge in [0.2, 0.25) is 0 Å². The van der Waals surface area contributed by atoms with E-state index in [0.29, 0.717) is 19.7 Å². The molecule has 2 aromatic rings. The fourth-order valence-corrected chi connectivity index (χ4v) is 3.80. The predicted molar refractivity (Wildman–Crippen MR) is 82.7 cm³/mol. The van der Waals surface area contributed by atoms with Gasteiger partial charge in [0.05, 0.1) is 30.3 Å². The number of fused-ring (bicyclic) bond motifs is 2. The average molecular weight is 315 g/mol. The highest BCUT2D eigenvalue weighted by Crippen LogP contribution is 2.43. The molecule has 1 saturated heterocycles. The number of amides is 1. The molecule has 0 radical (unpaired) electrons. The third kappa shape index (κ3) is 2.06. The topological polar surface area (TPSA) is 55.3 Å². The maximum absolute atomic E-state index is 12.3. The number of aromatic nitrogens is 2. The molecule has 2 aliphatic heterocycles. The van der Waals surface area contributed by atoms with Crippen molar-refractivity contribution in [1.29, 1.82) is 0 Å². The van der Waals surface area contributed by atoms with Crippen molar-refractivity contribution in [1.82, 2.24) is 14.9 Å². The largest absolute Gasteiger partial charge is 0.360 e. The molecule has 114 valence electrons. The normalized spacial score (nSPS) is 18.3. The van der Waals surface area contributed by atoms with Gasteiger partial charge in [-0.3, -0.25) is 4.79 Å². The highest BCUT2D eigenvalue weighted by Gasteiger charge is 2.52. The van der Waals surface area contributed by atoms with E-state index in [1.54, 1.807) is 0 Å². The molecule has 6 heteroatoms. The van der Waals surface area contributed by atoms with Gasteiger partial charge in [-0.1, -0.05) is 13.0 Å². The Balaban J connectivity index is 1.52. The van der Waals surface area contributed by atoms with Crippen LogP contribution in [0.2, 0.25) is 0 Å². The van der Waals surface area contributed by atoms with Crippen molar-refractivity contribution in [2.45, 2.75) is 32.0 Å². The van der Waals surface area contributed by atoms with Gasteiger partial charge in [-0.15, -0.1) is 11.3 Å². The molecule has 0 atom stereocenters. The number of hydrogen-bond acceptors (Lipinski definition) is 5. The summed E-state index contributed by atoms with van der Waals surface area (Å²) in [4.78, 5) is 24.0. The molecular formula is C16H17N3O2S. The van der Waals surface area contributed by atoms with E-state index in [1.807, 2.05) is 28.6 Å². The van der Waals surface area contributed by atoms with Gasteiger partial charge in [-0.05, 0) is 17.9 Å². The Bertz CT molecular complexity index is 708. The highest BCUT2D eigenvalue weighted by atomic mass is 32.1. The summed E-state index contributed by atoms with van der Waals surface area (Å²) in [6.07, 6.45) is 3.82. The molecule has 0 saturated carbocycles. The molecule has 2 aromatic heterocycles. The standard InChI is InChI=1S/C16H17N3O2S/c1-2-4-14-17-7-11-12(18-14)8-21-16(11)9-19(10-16)15(20)13-5-3-6-22-13/h3,5-7H,2,4,8-10H2,1H3. The van der Waals surface area contributed by atoms with Crippen molar-refractivity contribution in [2.75, 3.05) is 13.1 Å². The second kappa shape index (κ2) is 5.14. The second-order valence-electron chi connectivity index (χ2n) is 5.82. The van der Waals surface area contributed by atoms with Gasteiger partial charge in [0.25, 0.3) is 5.91 Å². The maximum atomic E-state index is 12.3. The lowest BCUT2D eigenvalue weighted by Crippen LogP contribution is -2.61. The molecular weight excluding hydrogens is 298 g/mol. The van der Waals surface area contributed by atoms with Gasteiger partial charge in [0.1, 0.15) is 11.4 Å². The van der Waals surface area contributed by atoms with Crippen LogP contribution in [0.25, 0.3) is 0 Å². The van der Waals surface area contributed by atoms with Crippen LogP contribution in [-0.2, 0) is 23.4 Å².